The van der Waals surface area contributed by atoms with E-state index >= 15 is 0 Å². The SMILES string of the molecule is Nc1cc(OC(F)=C(F)C(F)(F)C(F)(F)C(F)(F)C(F)(F)C(F)(F)C(F)(F)C(F)(F)F)cc(C(c2cc(N)cc(OC(F)=C(F)C(F)(F)C(F)(F)C(F)(F)C(F)(F)C(F)(F)C(F)(F)C(F)(F)F)c2)(C(F)(F)F)C(F)(F)F)c1. The van der Waals surface area contributed by atoms with Gasteiger partial charge in [0.05, 0.1) is 0 Å². The standard InChI is InChI=1S/C33H10F40N2O2/c34-13(18(38,39)20(42,43)22(46,47)24(50,51)26(54,55)28(58,59)32(68,69)70)15(36)76-11-3-7(1-9(74)5-11)17(30(62,63)64,31(65,66)67)8-2-10(75)6-12(4-8)77-16(37)14(35)19(40,41)21(44,45)23(48,49)25(52,53)27(56,57)29(60,61)33(71,72)73/h1-6H,74-75H2. The second-order valence-corrected chi connectivity index (χ2v) is 14.6. The van der Waals surface area contributed by atoms with Gasteiger partial charge in [0.1, 0.15) is 11.5 Å². The van der Waals surface area contributed by atoms with Gasteiger partial charge >= 0.3 is 108 Å². The predicted octanol–water partition coefficient (Wildman–Crippen LogP) is 16.0. The van der Waals surface area contributed by atoms with Crippen LogP contribution < -0.4 is 20.9 Å². The van der Waals surface area contributed by atoms with Crippen molar-refractivity contribution in [2.75, 3.05) is 11.5 Å². The molecule has 0 spiro atoms. The Morgan fingerprint density at radius 1 is 0.273 bits per heavy atom. The second-order valence-electron chi connectivity index (χ2n) is 14.6. The molecule has 0 radical (unpaired) electrons. The van der Waals surface area contributed by atoms with E-state index < -0.39 is 195 Å². The second kappa shape index (κ2) is 18.7. The van der Waals surface area contributed by atoms with Gasteiger partial charge in [0.25, 0.3) is 0 Å². The number of nitrogen functional groups attached to an aromatic ring is 2. The van der Waals surface area contributed by atoms with Gasteiger partial charge in [-0.15, -0.1) is 0 Å². The highest BCUT2D eigenvalue weighted by atomic mass is 19.5. The van der Waals surface area contributed by atoms with Crippen LogP contribution in [0, 0.1) is 0 Å². The Labute approximate surface area is 392 Å². The maximum atomic E-state index is 14.9. The molecule has 77 heavy (non-hydrogen) atoms. The quantitative estimate of drug-likeness (QED) is 0.0886. The molecule has 2 aromatic carbocycles. The number of halogens is 40. The monoisotopic (exact) mass is 1230 g/mol. The van der Waals surface area contributed by atoms with Crippen molar-refractivity contribution in [1.82, 2.24) is 0 Å². The van der Waals surface area contributed by atoms with Crippen LogP contribution in [0.15, 0.2) is 60.1 Å². The lowest BCUT2D eigenvalue weighted by atomic mass is 9.72. The topological polar surface area (TPSA) is 70.5 Å². The summed E-state index contributed by atoms with van der Waals surface area (Å²) in [5, 5.41) is 0. The zero-order valence-electron chi connectivity index (χ0n) is 34.1. The van der Waals surface area contributed by atoms with E-state index in [0.29, 0.717) is 0 Å². The summed E-state index contributed by atoms with van der Waals surface area (Å²) in [4.78, 5) is 0. The molecule has 0 saturated carbocycles. The molecule has 4 nitrogen and oxygen atoms in total. The van der Waals surface area contributed by atoms with Crippen molar-refractivity contribution in [3.8, 4) is 11.5 Å². The Hall–Kier alpha value is -5.68. The van der Waals surface area contributed by atoms with Crippen LogP contribution in [-0.4, -0.2) is 95.8 Å². The smallest absolute Gasteiger partial charge is 0.430 e. The summed E-state index contributed by atoms with van der Waals surface area (Å²) < 4.78 is 559. The molecular weight excluding hydrogens is 1220 g/mol. The lowest BCUT2D eigenvalue weighted by Crippen LogP contribution is -2.72. The van der Waals surface area contributed by atoms with Gasteiger partial charge in [0.15, 0.2) is 0 Å². The molecule has 0 aromatic heterocycles. The lowest BCUT2D eigenvalue weighted by Gasteiger charge is -2.41. The molecule has 0 aliphatic rings. The zero-order valence-corrected chi connectivity index (χ0v) is 34.1. The predicted molar refractivity (Wildman–Crippen MR) is 166 cm³/mol. The van der Waals surface area contributed by atoms with Crippen molar-refractivity contribution >= 4 is 11.4 Å². The van der Waals surface area contributed by atoms with Gasteiger partial charge in [0.2, 0.25) is 17.1 Å². The molecule has 0 fully saturated rings. The Morgan fingerprint density at radius 3 is 0.688 bits per heavy atom. The van der Waals surface area contributed by atoms with Crippen LogP contribution in [0.4, 0.5) is 187 Å². The van der Waals surface area contributed by atoms with Crippen LogP contribution in [0.2, 0.25) is 0 Å². The Kier molecular flexibility index (Phi) is 16.4. The number of alkyl halides is 36. The number of hydrogen-bond donors (Lipinski definition) is 2. The Bertz CT molecular complexity index is 2400. The first-order valence-electron chi connectivity index (χ1n) is 17.4. The van der Waals surface area contributed by atoms with Gasteiger partial charge in [-0.2, -0.15) is 176 Å². The van der Waals surface area contributed by atoms with Crippen molar-refractivity contribution in [2.24, 2.45) is 0 Å². The van der Waals surface area contributed by atoms with Gasteiger partial charge in [-0.05, 0) is 35.4 Å². The van der Waals surface area contributed by atoms with E-state index in [4.69, 9.17) is 11.5 Å². The van der Waals surface area contributed by atoms with E-state index in [0.717, 1.165) is 0 Å². The van der Waals surface area contributed by atoms with Gasteiger partial charge < -0.3 is 20.9 Å². The molecule has 0 aliphatic heterocycles. The molecule has 0 aliphatic carbocycles. The highest BCUT2D eigenvalue weighted by Crippen LogP contribution is 2.66. The number of hydrogen-bond acceptors (Lipinski definition) is 4. The average molecular weight is 1230 g/mol. The zero-order chi connectivity index (χ0) is 61.9. The number of anilines is 2. The summed E-state index contributed by atoms with van der Waals surface area (Å²) in [6.45, 7) is 0. The molecular formula is C33H10F40N2O2. The van der Waals surface area contributed by atoms with E-state index in [1.807, 2.05) is 0 Å². The molecule has 0 saturated heterocycles. The minimum atomic E-state index is -9.17. The first kappa shape index (κ1) is 67.4. The van der Waals surface area contributed by atoms with E-state index in [-0.39, 0.29) is 0 Å². The first-order valence-corrected chi connectivity index (χ1v) is 17.4. The van der Waals surface area contributed by atoms with Crippen molar-refractivity contribution in [2.45, 2.75) is 101 Å². The first-order chi connectivity index (χ1) is 33.3. The molecule has 2 rings (SSSR count). The molecule has 4 N–H and O–H groups in total. The molecule has 0 unspecified atom stereocenters. The summed E-state index contributed by atoms with van der Waals surface area (Å²) in [7, 11) is 0. The third-order valence-corrected chi connectivity index (χ3v) is 9.54. The number of benzene rings is 2. The van der Waals surface area contributed by atoms with E-state index in [1.54, 1.807) is 0 Å². The average Bonchev–Trinajstić information content (AvgIpc) is 3.20. The fourth-order valence-electron chi connectivity index (χ4n) is 5.53. The number of allylic oxidation sites excluding steroid dienone is 2. The highest BCUT2D eigenvalue weighted by Gasteiger charge is 2.95. The number of rotatable bonds is 18. The maximum Gasteiger partial charge on any atom is 0.460 e. The molecule has 2 aromatic rings. The molecule has 0 heterocycles. The Balaban J connectivity index is 2.95. The minimum absolute atomic E-state index is 0.595. The maximum absolute atomic E-state index is 14.9. The van der Waals surface area contributed by atoms with Crippen LogP contribution in [0.25, 0.3) is 0 Å². The fourth-order valence-corrected chi connectivity index (χ4v) is 5.53. The Morgan fingerprint density at radius 2 is 0.481 bits per heavy atom. The van der Waals surface area contributed by atoms with Crippen molar-refractivity contribution in [3.63, 3.8) is 0 Å². The number of ether oxygens (including phenoxy) is 2. The summed E-state index contributed by atoms with van der Waals surface area (Å²) in [5.41, 5.74) is -6.31. The van der Waals surface area contributed by atoms with Gasteiger partial charge in [0, 0.05) is 23.5 Å². The summed E-state index contributed by atoms with van der Waals surface area (Å²) in [6, 6.07) is -14.3. The van der Waals surface area contributed by atoms with Crippen LogP contribution in [0.1, 0.15) is 11.1 Å². The largest absolute Gasteiger partial charge is 0.460 e. The summed E-state index contributed by atoms with van der Waals surface area (Å²) in [5.74, 6) is -122. The van der Waals surface area contributed by atoms with Crippen LogP contribution >= 0.6 is 0 Å². The van der Waals surface area contributed by atoms with Gasteiger partial charge in [-0.1, -0.05) is 0 Å². The van der Waals surface area contributed by atoms with Crippen molar-refractivity contribution in [1.29, 1.82) is 0 Å². The molecule has 444 valence electrons. The molecule has 0 bridgehead atoms. The summed E-state index contributed by atoms with van der Waals surface area (Å²) >= 11 is 0. The lowest BCUT2D eigenvalue weighted by molar-refractivity contribution is -0.451. The normalized spacial score (nSPS) is 16.3. The van der Waals surface area contributed by atoms with Crippen LogP contribution in [0.5, 0.6) is 11.5 Å². The van der Waals surface area contributed by atoms with Gasteiger partial charge in [-0.25, -0.2) is 0 Å². The molecule has 44 heteroatoms. The van der Waals surface area contributed by atoms with Crippen LogP contribution in [0.3, 0.4) is 0 Å². The van der Waals surface area contributed by atoms with Crippen molar-refractivity contribution < 1.29 is 185 Å². The fraction of sp³-hybridized carbons (Fsp3) is 0.515. The van der Waals surface area contributed by atoms with Crippen LogP contribution in [-0.2, 0) is 5.41 Å². The van der Waals surface area contributed by atoms with E-state index in [2.05, 4.69) is 9.47 Å². The minimum Gasteiger partial charge on any atom is -0.430 e. The van der Waals surface area contributed by atoms with E-state index in [1.165, 1.54) is 0 Å². The van der Waals surface area contributed by atoms with E-state index in [9.17, 15) is 176 Å². The molecule has 0 amide bonds. The molecule has 0 atom stereocenters. The van der Waals surface area contributed by atoms with Gasteiger partial charge in [-0.3, -0.25) is 0 Å². The highest BCUT2D eigenvalue weighted by molar-refractivity contribution is 5.59. The summed E-state index contributed by atoms with van der Waals surface area (Å²) in [6.07, 6.45) is -31.1. The number of nitrogens with two attached hydrogens (primary N) is 2. The third kappa shape index (κ3) is 9.66. The van der Waals surface area contributed by atoms with Crippen molar-refractivity contribution in [3.05, 3.63) is 71.2 Å². The third-order valence-electron chi connectivity index (χ3n) is 9.54.